The third-order valence-electron chi connectivity index (χ3n) is 12.1. The zero-order chi connectivity index (χ0) is 52.7. The fourth-order valence-corrected chi connectivity index (χ4v) is 8.52. The van der Waals surface area contributed by atoms with Gasteiger partial charge in [0, 0.05) is 19.3 Å². The number of carbonyl (C=O) groups excluding carboxylic acids is 3. The van der Waals surface area contributed by atoms with Gasteiger partial charge in [0.15, 0.2) is 6.10 Å². The van der Waals surface area contributed by atoms with Crippen LogP contribution in [0.2, 0.25) is 0 Å². The molecule has 12 heteroatoms. The SMILES string of the molecule is CC/C=C\C/C=C\C/C=C\C/C=C\CCCCCCCCC(=O)OC(COC(=O)CCCCCCCCCCCCCCC)COP(=O)(O)OCC(CO)OC(=O)CCCCCCC/C=C\C/C=C\CCC. The third-order valence-corrected chi connectivity index (χ3v) is 13.0. The van der Waals surface area contributed by atoms with E-state index in [0.29, 0.717) is 19.3 Å². The maximum atomic E-state index is 12.9. The summed E-state index contributed by atoms with van der Waals surface area (Å²) in [6.45, 7) is 4.45. The Kier molecular flexibility index (Phi) is 51.9. The molecule has 0 radical (unpaired) electrons. The predicted octanol–water partition coefficient (Wildman–Crippen LogP) is 16.9. The van der Waals surface area contributed by atoms with Crippen LogP contribution >= 0.6 is 7.82 Å². The van der Waals surface area contributed by atoms with E-state index in [-0.39, 0.29) is 25.9 Å². The first-order chi connectivity index (χ1) is 35.2. The summed E-state index contributed by atoms with van der Waals surface area (Å²) in [6.07, 6.45) is 60.0. The smallest absolute Gasteiger partial charge is 0.462 e. The Balaban J connectivity index is 4.75. The number of hydrogen-bond acceptors (Lipinski definition) is 10. The van der Waals surface area contributed by atoms with Crippen molar-refractivity contribution in [2.24, 2.45) is 0 Å². The van der Waals surface area contributed by atoms with Crippen molar-refractivity contribution in [3.63, 3.8) is 0 Å². The van der Waals surface area contributed by atoms with E-state index in [4.69, 9.17) is 23.3 Å². The van der Waals surface area contributed by atoms with Crippen molar-refractivity contribution < 1.29 is 52.2 Å². The quantitative estimate of drug-likeness (QED) is 0.0197. The van der Waals surface area contributed by atoms with Crippen LogP contribution in [0.1, 0.15) is 252 Å². The second-order valence-electron chi connectivity index (χ2n) is 19.1. The molecule has 72 heavy (non-hydrogen) atoms. The van der Waals surface area contributed by atoms with Crippen LogP contribution in [0.25, 0.3) is 0 Å². The molecule has 0 aromatic heterocycles. The Morgan fingerprint density at radius 1 is 0.403 bits per heavy atom. The van der Waals surface area contributed by atoms with E-state index in [2.05, 4.69) is 93.7 Å². The van der Waals surface area contributed by atoms with Crippen LogP contribution in [0.3, 0.4) is 0 Å². The number of phosphoric acid groups is 1. The van der Waals surface area contributed by atoms with E-state index >= 15 is 0 Å². The van der Waals surface area contributed by atoms with Gasteiger partial charge >= 0.3 is 25.7 Å². The molecule has 416 valence electrons. The Hall–Kier alpha value is -3.08. The molecule has 0 spiro atoms. The van der Waals surface area contributed by atoms with Gasteiger partial charge in [-0.1, -0.05) is 222 Å². The van der Waals surface area contributed by atoms with Gasteiger partial charge in [0.1, 0.15) is 12.7 Å². The summed E-state index contributed by atoms with van der Waals surface area (Å²) in [6, 6.07) is 0. The van der Waals surface area contributed by atoms with Gasteiger partial charge in [-0.15, -0.1) is 0 Å². The zero-order valence-corrected chi connectivity index (χ0v) is 46.8. The highest BCUT2D eigenvalue weighted by molar-refractivity contribution is 7.47. The third kappa shape index (κ3) is 51.8. The second kappa shape index (κ2) is 54.2. The number of ether oxygens (including phenoxy) is 3. The summed E-state index contributed by atoms with van der Waals surface area (Å²) in [4.78, 5) is 48.5. The fourth-order valence-electron chi connectivity index (χ4n) is 7.74. The van der Waals surface area contributed by atoms with Crippen LogP contribution in [-0.4, -0.2) is 66.5 Å². The maximum absolute atomic E-state index is 12.9. The molecule has 3 atom stereocenters. The van der Waals surface area contributed by atoms with Crippen LogP contribution in [0, 0.1) is 0 Å². The highest BCUT2D eigenvalue weighted by Crippen LogP contribution is 2.43. The number of phosphoric ester groups is 1. The van der Waals surface area contributed by atoms with E-state index in [1.807, 2.05) is 0 Å². The number of esters is 3. The summed E-state index contributed by atoms with van der Waals surface area (Å²) in [5.41, 5.74) is 0. The van der Waals surface area contributed by atoms with E-state index in [9.17, 15) is 28.9 Å². The van der Waals surface area contributed by atoms with Gasteiger partial charge in [-0.25, -0.2) is 4.57 Å². The Labute approximate surface area is 439 Å². The monoisotopic (exact) mass is 1030 g/mol. The lowest BCUT2D eigenvalue weighted by atomic mass is 10.0. The number of aliphatic hydroxyl groups excluding tert-OH is 1. The lowest BCUT2D eigenvalue weighted by Crippen LogP contribution is -2.30. The number of aliphatic hydroxyl groups is 1. The van der Waals surface area contributed by atoms with Gasteiger partial charge in [-0.2, -0.15) is 0 Å². The largest absolute Gasteiger partial charge is 0.472 e. The average Bonchev–Trinajstić information content (AvgIpc) is 3.37. The van der Waals surface area contributed by atoms with Gasteiger partial charge in [-0.3, -0.25) is 23.4 Å². The second-order valence-corrected chi connectivity index (χ2v) is 20.5. The van der Waals surface area contributed by atoms with Crippen molar-refractivity contribution in [2.75, 3.05) is 26.4 Å². The Morgan fingerprint density at radius 2 is 0.750 bits per heavy atom. The summed E-state index contributed by atoms with van der Waals surface area (Å²) < 4.78 is 39.5. The summed E-state index contributed by atoms with van der Waals surface area (Å²) in [5, 5.41) is 9.80. The van der Waals surface area contributed by atoms with E-state index < -0.39 is 57.8 Å². The molecule has 11 nitrogen and oxygen atoms in total. The molecule has 0 aromatic rings. The minimum atomic E-state index is -4.75. The van der Waals surface area contributed by atoms with Gasteiger partial charge in [0.05, 0.1) is 19.8 Å². The fraction of sp³-hybridized carbons (Fsp3) is 0.750. The predicted molar refractivity (Wildman–Crippen MR) is 298 cm³/mol. The molecule has 0 amide bonds. The van der Waals surface area contributed by atoms with Crippen molar-refractivity contribution in [1.82, 2.24) is 0 Å². The van der Waals surface area contributed by atoms with Gasteiger partial charge < -0.3 is 24.2 Å². The summed E-state index contributed by atoms with van der Waals surface area (Å²) in [5.74, 6) is -1.49. The van der Waals surface area contributed by atoms with E-state index in [1.54, 1.807) is 0 Å². The highest BCUT2D eigenvalue weighted by atomic mass is 31.2. The lowest BCUT2D eigenvalue weighted by molar-refractivity contribution is -0.161. The number of allylic oxidation sites excluding steroid dienone is 12. The molecule has 2 N–H and O–H groups in total. The van der Waals surface area contributed by atoms with Gasteiger partial charge in [0.2, 0.25) is 0 Å². The highest BCUT2D eigenvalue weighted by Gasteiger charge is 2.28. The molecule has 0 aromatic carbocycles. The number of hydrogen-bond donors (Lipinski definition) is 2. The normalized spacial score (nSPS) is 13.9. The van der Waals surface area contributed by atoms with Crippen molar-refractivity contribution in [1.29, 1.82) is 0 Å². The first-order valence-electron chi connectivity index (χ1n) is 28.8. The Morgan fingerprint density at radius 3 is 1.17 bits per heavy atom. The lowest BCUT2D eigenvalue weighted by Gasteiger charge is -2.21. The van der Waals surface area contributed by atoms with Crippen LogP contribution in [0.4, 0.5) is 0 Å². The minimum Gasteiger partial charge on any atom is -0.462 e. The standard InChI is InChI=1S/C60H105O11P/c1-4-7-10-13-16-19-22-25-26-27-28-29-30-33-36-39-42-45-48-51-60(64)71-57(53-67-58(62)49-46-43-40-37-34-31-23-20-17-14-11-8-5-2)55-69-72(65,66)68-54-56(52-61)70-59(63)50-47-44-41-38-35-32-24-21-18-15-12-9-6-3/h7,10,12,15-16,19,21,24-26,28-29,56-57,61H,4-6,8-9,11,13-14,17-18,20,22-23,27,30-55H2,1-3H3,(H,65,66)/b10-7-,15-12-,19-16-,24-21-,26-25-,29-28-. The van der Waals surface area contributed by atoms with Gasteiger partial charge in [0.25, 0.3) is 0 Å². The van der Waals surface area contributed by atoms with E-state index in [0.717, 1.165) is 128 Å². The molecule has 0 heterocycles. The molecule has 3 unspecified atom stereocenters. The van der Waals surface area contributed by atoms with Crippen molar-refractivity contribution >= 4 is 25.7 Å². The number of carbonyl (C=O) groups is 3. The Bertz CT molecular complexity index is 1490. The molecule has 0 aliphatic carbocycles. The van der Waals surface area contributed by atoms with Crippen molar-refractivity contribution in [3.8, 4) is 0 Å². The molecule has 0 fully saturated rings. The van der Waals surface area contributed by atoms with Crippen molar-refractivity contribution in [2.45, 2.75) is 264 Å². The number of unbranched alkanes of at least 4 members (excludes halogenated alkanes) is 24. The van der Waals surface area contributed by atoms with Crippen LogP contribution < -0.4 is 0 Å². The molecule has 0 rings (SSSR count). The summed E-state index contributed by atoms with van der Waals surface area (Å²) in [7, 11) is -4.75. The molecular weight excluding hydrogens is 928 g/mol. The molecule has 0 saturated heterocycles. The summed E-state index contributed by atoms with van der Waals surface area (Å²) >= 11 is 0. The minimum absolute atomic E-state index is 0.150. The molecule has 0 aliphatic heterocycles. The van der Waals surface area contributed by atoms with Gasteiger partial charge in [-0.05, 0) is 83.5 Å². The molecule has 0 saturated carbocycles. The maximum Gasteiger partial charge on any atom is 0.472 e. The number of rotatable bonds is 53. The first-order valence-corrected chi connectivity index (χ1v) is 30.3. The average molecular weight is 1030 g/mol. The van der Waals surface area contributed by atoms with E-state index in [1.165, 1.54) is 64.2 Å². The van der Waals surface area contributed by atoms with Crippen LogP contribution in [0.15, 0.2) is 72.9 Å². The zero-order valence-electron chi connectivity index (χ0n) is 45.9. The first kappa shape index (κ1) is 68.9. The topological polar surface area (TPSA) is 155 Å². The van der Waals surface area contributed by atoms with Crippen LogP contribution in [-0.2, 0) is 42.2 Å². The molecular formula is C60H105O11P. The van der Waals surface area contributed by atoms with Crippen LogP contribution in [0.5, 0.6) is 0 Å². The van der Waals surface area contributed by atoms with Crippen molar-refractivity contribution in [3.05, 3.63) is 72.9 Å². The molecule has 0 bridgehead atoms. The molecule has 0 aliphatic rings.